The van der Waals surface area contributed by atoms with Gasteiger partial charge in [-0.15, -0.1) is 0 Å². The van der Waals surface area contributed by atoms with Crippen molar-refractivity contribution in [3.05, 3.63) is 0 Å². The topological polar surface area (TPSA) is 32.8 Å². The van der Waals surface area contributed by atoms with Crippen molar-refractivity contribution in [2.45, 2.75) is 64.5 Å². The zero-order valence-electron chi connectivity index (χ0n) is 13.4. The van der Waals surface area contributed by atoms with E-state index in [0.29, 0.717) is 12.5 Å². The van der Waals surface area contributed by atoms with Crippen LogP contribution in [0.2, 0.25) is 0 Å². The average molecular weight is 282 g/mol. The van der Waals surface area contributed by atoms with E-state index in [2.05, 4.69) is 9.80 Å². The lowest BCUT2D eigenvalue weighted by atomic mass is 10.0. The Morgan fingerprint density at radius 2 is 1.85 bits per heavy atom. The number of nitrogens with zero attached hydrogens (tertiary/aromatic N) is 2. The minimum atomic E-state index is -0.364. The van der Waals surface area contributed by atoms with Gasteiger partial charge in [0.2, 0.25) is 0 Å². The first-order valence-corrected chi connectivity index (χ1v) is 8.12. The van der Waals surface area contributed by atoms with Crippen molar-refractivity contribution in [3.8, 4) is 0 Å². The van der Waals surface area contributed by atoms with Crippen LogP contribution in [0, 0.1) is 0 Å². The predicted molar refractivity (Wildman–Crippen MR) is 80.7 cm³/mol. The lowest BCUT2D eigenvalue weighted by molar-refractivity contribution is -0.155. The maximum atomic E-state index is 11.8. The molecule has 0 unspecified atom stereocenters. The molecule has 0 aliphatic carbocycles. The Bertz CT molecular complexity index is 319. The molecule has 0 aromatic carbocycles. The highest BCUT2D eigenvalue weighted by atomic mass is 16.6. The van der Waals surface area contributed by atoms with Gasteiger partial charge in [0, 0.05) is 19.1 Å². The molecule has 2 rings (SSSR count). The number of piperidine rings is 1. The summed E-state index contributed by atoms with van der Waals surface area (Å²) >= 11 is 0. The second-order valence-corrected chi connectivity index (χ2v) is 7.18. The van der Waals surface area contributed by atoms with Gasteiger partial charge in [-0.1, -0.05) is 0 Å². The third-order valence-electron chi connectivity index (χ3n) is 4.19. The van der Waals surface area contributed by atoms with E-state index in [-0.39, 0.29) is 11.6 Å². The number of carbonyl (C=O) groups excluding carboxylic acids is 1. The van der Waals surface area contributed by atoms with E-state index in [4.69, 9.17) is 4.74 Å². The number of hydrogen-bond acceptors (Lipinski definition) is 4. The molecule has 0 spiro atoms. The van der Waals surface area contributed by atoms with Crippen molar-refractivity contribution in [3.63, 3.8) is 0 Å². The maximum Gasteiger partial charge on any atom is 0.307 e. The molecule has 4 heteroatoms. The van der Waals surface area contributed by atoms with Crippen LogP contribution in [-0.4, -0.2) is 60.1 Å². The Morgan fingerprint density at radius 1 is 1.15 bits per heavy atom. The molecule has 0 saturated carbocycles. The van der Waals surface area contributed by atoms with Gasteiger partial charge in [-0.25, -0.2) is 0 Å². The van der Waals surface area contributed by atoms with Crippen LogP contribution in [-0.2, 0) is 9.53 Å². The number of esters is 1. The monoisotopic (exact) mass is 282 g/mol. The molecule has 2 aliphatic heterocycles. The summed E-state index contributed by atoms with van der Waals surface area (Å²) in [7, 11) is 0. The Balaban J connectivity index is 1.71. The highest BCUT2D eigenvalue weighted by Crippen LogP contribution is 2.20. The molecule has 1 atom stereocenters. The normalized spacial score (nSPS) is 25.9. The molecule has 20 heavy (non-hydrogen) atoms. The molecule has 116 valence electrons. The summed E-state index contributed by atoms with van der Waals surface area (Å²) in [5, 5.41) is 0. The van der Waals surface area contributed by atoms with Gasteiger partial charge < -0.3 is 9.64 Å². The number of ether oxygens (including phenoxy) is 1. The smallest absolute Gasteiger partial charge is 0.307 e. The standard InChI is InChI=1S/C16H30N2O2/c1-16(2,3)20-15(19)8-12-17-9-6-7-14(13-17)18-10-4-5-11-18/h14H,4-13H2,1-3H3/t14-/m0/s1. The van der Waals surface area contributed by atoms with Gasteiger partial charge in [-0.2, -0.15) is 0 Å². The summed E-state index contributed by atoms with van der Waals surface area (Å²) < 4.78 is 5.38. The van der Waals surface area contributed by atoms with Crippen LogP contribution < -0.4 is 0 Å². The zero-order valence-corrected chi connectivity index (χ0v) is 13.4. The number of rotatable bonds is 4. The molecule has 0 aromatic heterocycles. The van der Waals surface area contributed by atoms with Crippen LogP contribution in [0.15, 0.2) is 0 Å². The molecule has 2 aliphatic rings. The van der Waals surface area contributed by atoms with Crippen LogP contribution in [0.1, 0.15) is 52.9 Å². The van der Waals surface area contributed by atoms with Crippen LogP contribution in [0.25, 0.3) is 0 Å². The van der Waals surface area contributed by atoms with Crippen LogP contribution in [0.3, 0.4) is 0 Å². The Hall–Kier alpha value is -0.610. The summed E-state index contributed by atoms with van der Waals surface area (Å²) in [5.41, 5.74) is -0.364. The first-order chi connectivity index (χ1) is 9.44. The van der Waals surface area contributed by atoms with Gasteiger partial charge >= 0.3 is 5.97 Å². The average Bonchev–Trinajstić information content (AvgIpc) is 2.88. The quantitative estimate of drug-likeness (QED) is 0.741. The Morgan fingerprint density at radius 3 is 2.50 bits per heavy atom. The first-order valence-electron chi connectivity index (χ1n) is 8.12. The molecular weight excluding hydrogens is 252 g/mol. The van der Waals surface area contributed by atoms with E-state index >= 15 is 0 Å². The van der Waals surface area contributed by atoms with Crippen molar-refractivity contribution in [1.29, 1.82) is 0 Å². The molecule has 0 aromatic rings. The van der Waals surface area contributed by atoms with E-state index in [1.54, 1.807) is 0 Å². The molecule has 4 nitrogen and oxygen atoms in total. The van der Waals surface area contributed by atoms with Gasteiger partial charge in [-0.05, 0) is 66.1 Å². The summed E-state index contributed by atoms with van der Waals surface area (Å²) in [4.78, 5) is 16.9. The summed E-state index contributed by atoms with van der Waals surface area (Å²) in [6.45, 7) is 11.4. The molecule has 0 bridgehead atoms. The second kappa shape index (κ2) is 6.90. The van der Waals surface area contributed by atoms with E-state index in [1.807, 2.05) is 20.8 Å². The lowest BCUT2D eigenvalue weighted by Gasteiger charge is -2.37. The summed E-state index contributed by atoms with van der Waals surface area (Å²) in [5.74, 6) is -0.0687. The van der Waals surface area contributed by atoms with Gasteiger partial charge in [0.15, 0.2) is 0 Å². The van der Waals surface area contributed by atoms with E-state index in [0.717, 1.165) is 19.6 Å². The molecule has 2 saturated heterocycles. The highest BCUT2D eigenvalue weighted by molar-refractivity contribution is 5.70. The Kier molecular flexibility index (Phi) is 5.44. The molecule has 0 radical (unpaired) electrons. The van der Waals surface area contributed by atoms with E-state index in [1.165, 1.54) is 38.8 Å². The fourth-order valence-corrected chi connectivity index (χ4v) is 3.28. The SMILES string of the molecule is CC(C)(C)OC(=O)CCN1CCC[C@H](N2CCCC2)C1. The minimum absolute atomic E-state index is 0.0687. The van der Waals surface area contributed by atoms with Crippen LogP contribution >= 0.6 is 0 Å². The second-order valence-electron chi connectivity index (χ2n) is 7.18. The largest absolute Gasteiger partial charge is 0.460 e. The third-order valence-corrected chi connectivity index (χ3v) is 4.19. The van der Waals surface area contributed by atoms with Gasteiger partial charge in [0.05, 0.1) is 6.42 Å². The number of hydrogen-bond donors (Lipinski definition) is 0. The Labute approximate surface area is 123 Å². The highest BCUT2D eigenvalue weighted by Gasteiger charge is 2.27. The number of carbonyl (C=O) groups is 1. The summed E-state index contributed by atoms with van der Waals surface area (Å²) in [6, 6.07) is 0.713. The molecule has 2 heterocycles. The van der Waals surface area contributed by atoms with Crippen molar-refractivity contribution < 1.29 is 9.53 Å². The zero-order chi connectivity index (χ0) is 14.6. The maximum absolute atomic E-state index is 11.8. The van der Waals surface area contributed by atoms with Crippen LogP contribution in [0.5, 0.6) is 0 Å². The number of likely N-dealkylation sites (tertiary alicyclic amines) is 2. The molecule has 2 fully saturated rings. The van der Waals surface area contributed by atoms with Crippen molar-refractivity contribution in [2.75, 3.05) is 32.7 Å². The molecule has 0 N–H and O–H groups in total. The minimum Gasteiger partial charge on any atom is -0.460 e. The van der Waals surface area contributed by atoms with E-state index < -0.39 is 0 Å². The fourth-order valence-electron chi connectivity index (χ4n) is 3.28. The lowest BCUT2D eigenvalue weighted by Crippen LogP contribution is -2.47. The van der Waals surface area contributed by atoms with Crippen LogP contribution in [0.4, 0.5) is 0 Å². The van der Waals surface area contributed by atoms with Gasteiger partial charge in [0.1, 0.15) is 5.60 Å². The molecular formula is C16H30N2O2. The summed E-state index contributed by atoms with van der Waals surface area (Å²) in [6.07, 6.45) is 5.81. The molecule has 0 amide bonds. The van der Waals surface area contributed by atoms with Gasteiger partial charge in [-0.3, -0.25) is 9.69 Å². The van der Waals surface area contributed by atoms with Gasteiger partial charge in [0.25, 0.3) is 0 Å². The van der Waals surface area contributed by atoms with E-state index in [9.17, 15) is 4.79 Å². The predicted octanol–water partition coefficient (Wildman–Crippen LogP) is 2.28. The first kappa shape index (κ1) is 15.8. The van der Waals surface area contributed by atoms with Crippen molar-refractivity contribution in [1.82, 2.24) is 9.80 Å². The van der Waals surface area contributed by atoms with Crippen molar-refractivity contribution in [2.24, 2.45) is 0 Å². The van der Waals surface area contributed by atoms with Crippen molar-refractivity contribution >= 4 is 5.97 Å². The third kappa shape index (κ3) is 5.06. The fraction of sp³-hybridized carbons (Fsp3) is 0.938.